The van der Waals surface area contributed by atoms with Gasteiger partial charge in [-0.3, -0.25) is 4.79 Å². The summed E-state index contributed by atoms with van der Waals surface area (Å²) in [5.74, 6) is 0.714. The minimum Gasteiger partial charge on any atom is -0.481 e. The van der Waals surface area contributed by atoms with E-state index >= 15 is 0 Å². The minimum atomic E-state index is -0.736. The van der Waals surface area contributed by atoms with E-state index in [0.717, 1.165) is 11.6 Å². The van der Waals surface area contributed by atoms with Gasteiger partial charge in [-0.25, -0.2) is 4.39 Å². The second kappa shape index (κ2) is 10.9. The highest BCUT2D eigenvalue weighted by Gasteiger charge is 2.21. The highest BCUT2D eigenvalue weighted by Crippen LogP contribution is 2.28. The fraction of sp³-hybridized carbons (Fsp3) is 0.292. The molecule has 11 heteroatoms. The van der Waals surface area contributed by atoms with Crippen LogP contribution in [0.1, 0.15) is 48.5 Å². The van der Waals surface area contributed by atoms with Gasteiger partial charge in [0.2, 0.25) is 17.5 Å². The van der Waals surface area contributed by atoms with Crippen molar-refractivity contribution in [3.63, 3.8) is 0 Å². The number of rotatable bonds is 10. The van der Waals surface area contributed by atoms with Gasteiger partial charge in [0.25, 0.3) is 11.8 Å². The number of halogens is 1. The predicted octanol–water partition coefficient (Wildman–Crippen LogP) is 3.74. The lowest BCUT2D eigenvalue weighted by Gasteiger charge is -2.13. The second-order valence-corrected chi connectivity index (χ2v) is 7.53. The summed E-state index contributed by atoms with van der Waals surface area (Å²) >= 11 is 0. The number of carbonyl (C=O) groups is 1. The standard InChI is InChI=1S/C24H24FN5O5/c1-3-19(33-16-8-5-14(6-9-16)21-27-20(4-2)34-29-21)24-28-22(30-35-24)15-7-10-17(18(25)13-15)23(32)26-11-12-31/h5-10,13,19,31H,3-4,11-12H2,1-2H3,(H,26,32). The van der Waals surface area contributed by atoms with Crippen molar-refractivity contribution in [2.75, 3.05) is 13.2 Å². The van der Waals surface area contributed by atoms with Crippen molar-refractivity contribution in [3.05, 3.63) is 65.6 Å². The number of nitrogens with one attached hydrogen (secondary N) is 1. The first-order chi connectivity index (χ1) is 17.0. The largest absolute Gasteiger partial charge is 0.481 e. The maximum Gasteiger partial charge on any atom is 0.268 e. The molecule has 4 rings (SSSR count). The topological polar surface area (TPSA) is 136 Å². The van der Waals surface area contributed by atoms with Gasteiger partial charge in [-0.1, -0.05) is 30.2 Å². The van der Waals surface area contributed by atoms with E-state index in [1.54, 1.807) is 12.1 Å². The monoisotopic (exact) mass is 481 g/mol. The van der Waals surface area contributed by atoms with Gasteiger partial charge >= 0.3 is 0 Å². The average molecular weight is 481 g/mol. The molecular weight excluding hydrogens is 457 g/mol. The van der Waals surface area contributed by atoms with Crippen LogP contribution in [0, 0.1) is 5.82 Å². The first-order valence-electron chi connectivity index (χ1n) is 11.1. The van der Waals surface area contributed by atoms with E-state index < -0.39 is 17.8 Å². The third-order valence-electron chi connectivity index (χ3n) is 5.12. The molecule has 35 heavy (non-hydrogen) atoms. The molecule has 2 heterocycles. The molecule has 0 fully saturated rings. The third kappa shape index (κ3) is 5.52. The second-order valence-electron chi connectivity index (χ2n) is 7.53. The van der Waals surface area contributed by atoms with Gasteiger partial charge in [0.05, 0.1) is 12.2 Å². The van der Waals surface area contributed by atoms with E-state index in [2.05, 4.69) is 25.6 Å². The van der Waals surface area contributed by atoms with Crippen LogP contribution < -0.4 is 10.1 Å². The van der Waals surface area contributed by atoms with Crippen LogP contribution in [0.25, 0.3) is 22.8 Å². The molecule has 1 unspecified atom stereocenters. The number of aromatic nitrogens is 4. The Morgan fingerprint density at radius 1 is 1.06 bits per heavy atom. The first kappa shape index (κ1) is 24.0. The van der Waals surface area contributed by atoms with Crippen molar-refractivity contribution in [1.82, 2.24) is 25.6 Å². The fourth-order valence-electron chi connectivity index (χ4n) is 3.26. The molecule has 2 N–H and O–H groups in total. The normalized spacial score (nSPS) is 11.9. The molecule has 0 aliphatic carbocycles. The van der Waals surface area contributed by atoms with Crippen LogP contribution in [0.3, 0.4) is 0 Å². The molecule has 0 radical (unpaired) electrons. The van der Waals surface area contributed by atoms with Crippen LogP contribution in [-0.4, -0.2) is 44.4 Å². The number of hydrogen-bond acceptors (Lipinski definition) is 9. The number of aliphatic hydroxyl groups excluding tert-OH is 1. The molecule has 4 aromatic rings. The summed E-state index contributed by atoms with van der Waals surface area (Å²) in [5, 5.41) is 19.1. The third-order valence-corrected chi connectivity index (χ3v) is 5.12. The van der Waals surface area contributed by atoms with Crippen LogP contribution in [0.15, 0.2) is 51.5 Å². The number of ether oxygens (including phenoxy) is 1. The Balaban J connectivity index is 1.46. The lowest BCUT2D eigenvalue weighted by Crippen LogP contribution is -2.27. The van der Waals surface area contributed by atoms with E-state index in [0.29, 0.717) is 35.9 Å². The zero-order valence-electron chi connectivity index (χ0n) is 19.2. The van der Waals surface area contributed by atoms with Gasteiger partial charge in [0.15, 0.2) is 6.10 Å². The van der Waals surface area contributed by atoms with E-state index in [-0.39, 0.29) is 30.4 Å². The zero-order chi connectivity index (χ0) is 24.8. The van der Waals surface area contributed by atoms with Crippen molar-refractivity contribution in [2.45, 2.75) is 32.8 Å². The fourth-order valence-corrected chi connectivity index (χ4v) is 3.26. The molecule has 1 amide bonds. The smallest absolute Gasteiger partial charge is 0.268 e. The van der Waals surface area contributed by atoms with E-state index in [1.807, 2.05) is 26.0 Å². The van der Waals surface area contributed by atoms with Gasteiger partial charge in [0, 0.05) is 24.1 Å². The Morgan fingerprint density at radius 2 is 1.77 bits per heavy atom. The number of amides is 1. The Kier molecular flexibility index (Phi) is 7.46. The van der Waals surface area contributed by atoms with Gasteiger partial charge in [-0.2, -0.15) is 9.97 Å². The number of carbonyl (C=O) groups excluding carboxylic acids is 1. The average Bonchev–Trinajstić information content (AvgIpc) is 3.56. The van der Waals surface area contributed by atoms with Crippen LogP contribution in [-0.2, 0) is 6.42 Å². The highest BCUT2D eigenvalue weighted by molar-refractivity contribution is 5.94. The molecule has 0 aliphatic rings. The van der Waals surface area contributed by atoms with Crippen molar-refractivity contribution < 1.29 is 28.1 Å². The van der Waals surface area contributed by atoms with Gasteiger partial charge in [-0.15, -0.1) is 0 Å². The molecule has 2 aromatic heterocycles. The summed E-state index contributed by atoms with van der Waals surface area (Å²) in [5.41, 5.74) is 1.00. The minimum absolute atomic E-state index is 0.0340. The molecule has 0 aliphatic heterocycles. The van der Waals surface area contributed by atoms with Gasteiger partial charge in [0.1, 0.15) is 11.6 Å². The molecule has 0 bridgehead atoms. The van der Waals surface area contributed by atoms with Crippen LogP contribution in [0.5, 0.6) is 5.75 Å². The Hall–Kier alpha value is -4.12. The van der Waals surface area contributed by atoms with E-state index in [9.17, 15) is 9.18 Å². The van der Waals surface area contributed by atoms with Crippen LogP contribution in [0.2, 0.25) is 0 Å². The molecule has 182 valence electrons. The Morgan fingerprint density at radius 3 is 2.43 bits per heavy atom. The predicted molar refractivity (Wildman–Crippen MR) is 122 cm³/mol. The number of hydrogen-bond donors (Lipinski definition) is 2. The SMILES string of the molecule is CCc1nc(-c2ccc(OC(CC)c3nc(-c4ccc(C(=O)NCCO)c(F)c4)no3)cc2)no1. The summed E-state index contributed by atoms with van der Waals surface area (Å²) in [6, 6.07) is 11.2. The summed E-state index contributed by atoms with van der Waals surface area (Å²) in [4.78, 5) is 20.6. The van der Waals surface area contributed by atoms with Crippen molar-refractivity contribution in [1.29, 1.82) is 0 Å². The molecule has 1 atom stereocenters. The first-order valence-corrected chi connectivity index (χ1v) is 11.1. The number of aryl methyl sites for hydroxylation is 1. The molecule has 0 spiro atoms. The number of benzene rings is 2. The summed E-state index contributed by atoms with van der Waals surface area (Å²) in [7, 11) is 0. The molecular formula is C24H24FN5O5. The molecule has 0 saturated carbocycles. The van der Waals surface area contributed by atoms with Crippen LogP contribution >= 0.6 is 0 Å². The van der Waals surface area contributed by atoms with Gasteiger partial charge in [-0.05, 0) is 42.8 Å². The maximum atomic E-state index is 14.5. The number of aliphatic hydroxyl groups is 1. The van der Waals surface area contributed by atoms with Crippen LogP contribution in [0.4, 0.5) is 4.39 Å². The molecule has 2 aromatic carbocycles. The Bertz CT molecular complexity index is 1290. The maximum absolute atomic E-state index is 14.5. The van der Waals surface area contributed by atoms with Gasteiger partial charge < -0.3 is 24.2 Å². The summed E-state index contributed by atoms with van der Waals surface area (Å²) in [6.45, 7) is 3.65. The zero-order valence-corrected chi connectivity index (χ0v) is 19.2. The lowest BCUT2D eigenvalue weighted by atomic mass is 10.1. The molecule has 10 nitrogen and oxygen atoms in total. The summed E-state index contributed by atoms with van der Waals surface area (Å²) in [6.07, 6.45) is 0.689. The summed E-state index contributed by atoms with van der Waals surface area (Å²) < 4.78 is 31.0. The van der Waals surface area contributed by atoms with Crippen molar-refractivity contribution in [2.24, 2.45) is 0 Å². The lowest BCUT2D eigenvalue weighted by molar-refractivity contribution is 0.0940. The highest BCUT2D eigenvalue weighted by atomic mass is 19.1. The van der Waals surface area contributed by atoms with E-state index in [4.69, 9.17) is 18.9 Å². The van der Waals surface area contributed by atoms with E-state index in [1.165, 1.54) is 12.1 Å². The number of nitrogens with zero attached hydrogens (tertiary/aromatic N) is 4. The van der Waals surface area contributed by atoms with Crippen molar-refractivity contribution in [3.8, 4) is 28.5 Å². The quantitative estimate of drug-likeness (QED) is 0.347. The van der Waals surface area contributed by atoms with Crippen molar-refractivity contribution >= 4 is 5.91 Å². The Labute approximate surface area is 200 Å². The molecule has 0 saturated heterocycles.